The molecule has 10 heteroatoms. The maximum absolute atomic E-state index is 14.2. The average Bonchev–Trinajstić information content (AvgIpc) is 3.38. The molecule has 1 aromatic carbocycles. The third kappa shape index (κ3) is 2.92. The predicted molar refractivity (Wildman–Crippen MR) is 95.3 cm³/mol. The van der Waals surface area contributed by atoms with E-state index in [4.69, 9.17) is 0 Å². The van der Waals surface area contributed by atoms with E-state index in [9.17, 15) is 18.4 Å². The molecular formula is C17H10F2N6O2. The average molecular weight is 368 g/mol. The Bertz CT molecular complexity index is 1180. The fourth-order valence-corrected chi connectivity index (χ4v) is 2.63. The summed E-state index contributed by atoms with van der Waals surface area (Å²) in [5.74, 6) is -2.81. The zero-order valence-corrected chi connectivity index (χ0v) is 13.5. The Morgan fingerprint density at radius 2 is 1.89 bits per heavy atom. The van der Waals surface area contributed by atoms with Crippen LogP contribution < -0.4 is 5.56 Å². The minimum absolute atomic E-state index is 0.0220. The van der Waals surface area contributed by atoms with Gasteiger partial charge in [0, 0.05) is 29.8 Å². The second-order valence-corrected chi connectivity index (χ2v) is 5.51. The zero-order valence-electron chi connectivity index (χ0n) is 13.5. The van der Waals surface area contributed by atoms with E-state index in [-0.39, 0.29) is 28.5 Å². The van der Waals surface area contributed by atoms with Crippen LogP contribution in [0.1, 0.15) is 10.5 Å². The van der Waals surface area contributed by atoms with Crippen molar-refractivity contribution in [3.8, 4) is 22.4 Å². The molecule has 0 fully saturated rings. The number of rotatable bonds is 3. The van der Waals surface area contributed by atoms with E-state index in [2.05, 4.69) is 30.2 Å². The van der Waals surface area contributed by atoms with Crippen LogP contribution in [-0.2, 0) is 0 Å². The van der Waals surface area contributed by atoms with E-state index >= 15 is 0 Å². The molecule has 1 amide bonds. The second-order valence-electron chi connectivity index (χ2n) is 5.51. The Balaban J connectivity index is 1.75. The van der Waals surface area contributed by atoms with Crippen LogP contribution in [0.2, 0.25) is 0 Å². The van der Waals surface area contributed by atoms with Crippen LogP contribution >= 0.6 is 0 Å². The van der Waals surface area contributed by atoms with Crippen molar-refractivity contribution in [1.82, 2.24) is 15.2 Å². The normalized spacial score (nSPS) is 12.7. The van der Waals surface area contributed by atoms with Gasteiger partial charge >= 0.3 is 0 Å². The lowest BCUT2D eigenvalue weighted by molar-refractivity contribution is 0.0998. The minimum Gasteiger partial charge on any atom is -0.356 e. The number of amides is 1. The number of aliphatic imine (C=N–C) groups is 3. The number of hydrogen-bond donors (Lipinski definition) is 3. The van der Waals surface area contributed by atoms with Gasteiger partial charge < -0.3 is 4.98 Å². The Hall–Kier alpha value is -3.95. The topological polar surface area (TPSA) is 119 Å². The molecular weight excluding hydrogens is 358 g/mol. The van der Waals surface area contributed by atoms with Crippen molar-refractivity contribution in [2.75, 3.05) is 0 Å². The first-order valence-electron chi connectivity index (χ1n) is 7.68. The highest BCUT2D eigenvalue weighted by Crippen LogP contribution is 2.30. The highest BCUT2D eigenvalue weighted by atomic mass is 19.2. The molecule has 3 heterocycles. The number of aromatic amines is 3. The monoisotopic (exact) mass is 368 g/mol. The lowest BCUT2D eigenvalue weighted by Gasteiger charge is -2.03. The van der Waals surface area contributed by atoms with Gasteiger partial charge in [0.15, 0.2) is 11.6 Å². The number of carbonyl (C=O) groups excluding carboxylic acids is 1. The molecule has 0 bridgehead atoms. The molecule has 8 nitrogen and oxygen atoms in total. The summed E-state index contributed by atoms with van der Waals surface area (Å²) in [4.78, 5) is 38.3. The number of hydrogen-bond acceptors (Lipinski definition) is 2. The van der Waals surface area contributed by atoms with Gasteiger partial charge in [-0.05, 0) is 12.1 Å². The van der Waals surface area contributed by atoms with Gasteiger partial charge in [0.2, 0.25) is 0 Å². The Morgan fingerprint density at radius 3 is 2.67 bits per heavy atom. The largest absolute Gasteiger partial charge is 0.356 e. The molecule has 2 aromatic heterocycles. The van der Waals surface area contributed by atoms with Crippen LogP contribution in [0, 0.1) is 11.6 Å². The molecule has 0 aliphatic carbocycles. The predicted octanol–water partition coefficient (Wildman–Crippen LogP) is 2.29. The van der Waals surface area contributed by atoms with Crippen LogP contribution in [0.5, 0.6) is 0 Å². The highest BCUT2D eigenvalue weighted by Gasteiger charge is 2.21. The molecule has 0 atom stereocenters. The number of carbonyl (C=O) groups is 1. The first-order valence-corrected chi connectivity index (χ1v) is 7.68. The highest BCUT2D eigenvalue weighted by molar-refractivity contribution is 6.27. The molecule has 0 unspecified atom stereocenters. The fourth-order valence-electron chi connectivity index (χ4n) is 2.63. The molecule has 0 saturated carbocycles. The van der Waals surface area contributed by atoms with E-state index < -0.39 is 23.1 Å². The van der Waals surface area contributed by atoms with Crippen molar-refractivity contribution in [3.63, 3.8) is 0 Å². The van der Waals surface area contributed by atoms with Crippen LogP contribution in [-0.4, -0.2) is 39.5 Å². The number of benzene rings is 1. The molecule has 1 aliphatic rings. The van der Waals surface area contributed by atoms with E-state index in [1.807, 2.05) is 0 Å². The smallest absolute Gasteiger partial charge is 0.296 e. The van der Waals surface area contributed by atoms with E-state index in [0.29, 0.717) is 5.56 Å². The summed E-state index contributed by atoms with van der Waals surface area (Å²) >= 11 is 0. The van der Waals surface area contributed by atoms with Crippen molar-refractivity contribution in [1.29, 1.82) is 0 Å². The summed E-state index contributed by atoms with van der Waals surface area (Å²) in [6.45, 7) is 0. The summed E-state index contributed by atoms with van der Waals surface area (Å²) < 4.78 is 27.7. The molecule has 3 aromatic rings. The van der Waals surface area contributed by atoms with Gasteiger partial charge in [-0.2, -0.15) is 4.99 Å². The summed E-state index contributed by atoms with van der Waals surface area (Å²) in [6, 6.07) is 4.98. The van der Waals surface area contributed by atoms with E-state index in [1.165, 1.54) is 36.8 Å². The molecule has 1 aliphatic heterocycles. The summed E-state index contributed by atoms with van der Waals surface area (Å²) in [5.41, 5.74) is -0.211. The maximum atomic E-state index is 14.2. The third-order valence-corrected chi connectivity index (χ3v) is 3.85. The lowest BCUT2D eigenvalue weighted by Crippen LogP contribution is -2.04. The fraction of sp³-hybridized carbons (Fsp3) is 0. The lowest BCUT2D eigenvalue weighted by atomic mass is 10.0. The number of H-pyrrole nitrogens is 3. The molecule has 0 saturated heterocycles. The van der Waals surface area contributed by atoms with Gasteiger partial charge in [-0.15, -0.1) is 0 Å². The van der Waals surface area contributed by atoms with Crippen LogP contribution in [0.3, 0.4) is 0 Å². The van der Waals surface area contributed by atoms with Crippen molar-refractivity contribution in [2.24, 2.45) is 15.0 Å². The van der Waals surface area contributed by atoms with Crippen molar-refractivity contribution < 1.29 is 13.6 Å². The molecule has 4 rings (SSSR count). The van der Waals surface area contributed by atoms with Crippen molar-refractivity contribution >= 4 is 24.3 Å². The van der Waals surface area contributed by atoms with Crippen LogP contribution in [0.4, 0.5) is 8.78 Å². The standard InChI is InChI=1S/C17H10F2N6O2/c18-10-3-1-2-9(13(10)19)12-14(24-25-16(12)27)8-6-11(22-7-8)15(26)23-17-20-4-5-21-17/h1-7,22H,(H2,24,25,27). The third-order valence-electron chi connectivity index (χ3n) is 3.85. The molecule has 0 spiro atoms. The first kappa shape index (κ1) is 16.5. The van der Waals surface area contributed by atoms with Gasteiger partial charge in [-0.1, -0.05) is 12.1 Å². The summed E-state index contributed by atoms with van der Waals surface area (Å²) in [5, 5.41) is 4.96. The number of aromatic nitrogens is 3. The number of nitrogens with zero attached hydrogens (tertiary/aromatic N) is 3. The van der Waals surface area contributed by atoms with Crippen LogP contribution in [0.15, 0.2) is 50.2 Å². The summed E-state index contributed by atoms with van der Waals surface area (Å²) in [7, 11) is 0. The molecule has 134 valence electrons. The Morgan fingerprint density at radius 1 is 1.11 bits per heavy atom. The quantitative estimate of drug-likeness (QED) is 0.658. The van der Waals surface area contributed by atoms with Crippen molar-refractivity contribution in [3.05, 3.63) is 58.1 Å². The SMILES string of the molecule is O=C(N=C1N=CC=N1)c1cc(-c2[nH][nH]c(=O)c2-c2cccc(F)c2F)c[nH]1. The molecule has 0 radical (unpaired) electrons. The zero-order chi connectivity index (χ0) is 19.0. The van der Waals surface area contributed by atoms with Crippen molar-refractivity contribution in [2.45, 2.75) is 0 Å². The second kappa shape index (κ2) is 6.41. The first-order chi connectivity index (χ1) is 13.0. The van der Waals surface area contributed by atoms with Gasteiger partial charge in [-0.25, -0.2) is 18.8 Å². The Labute approximate surface area is 149 Å². The molecule has 27 heavy (non-hydrogen) atoms. The maximum Gasteiger partial charge on any atom is 0.296 e. The van der Waals surface area contributed by atoms with E-state index in [1.54, 1.807) is 0 Å². The molecule has 3 N–H and O–H groups in total. The van der Waals surface area contributed by atoms with Gasteiger partial charge in [-0.3, -0.25) is 19.8 Å². The summed E-state index contributed by atoms with van der Waals surface area (Å²) in [6.07, 6.45) is 4.24. The minimum atomic E-state index is -1.14. The van der Waals surface area contributed by atoms with Gasteiger partial charge in [0.1, 0.15) is 5.69 Å². The number of guanidine groups is 1. The number of nitrogens with one attached hydrogen (secondary N) is 3. The van der Waals surface area contributed by atoms with Crippen LogP contribution in [0.25, 0.3) is 22.4 Å². The van der Waals surface area contributed by atoms with Gasteiger partial charge in [0.25, 0.3) is 17.4 Å². The van der Waals surface area contributed by atoms with E-state index in [0.717, 1.165) is 6.07 Å². The number of halogens is 2. The van der Waals surface area contributed by atoms with Gasteiger partial charge in [0.05, 0.1) is 11.3 Å². The Kier molecular flexibility index (Phi) is 3.92.